The monoisotopic (exact) mass is 286 g/mol. The van der Waals surface area contributed by atoms with Crippen molar-refractivity contribution in [3.8, 4) is 6.01 Å². The molecule has 0 saturated heterocycles. The summed E-state index contributed by atoms with van der Waals surface area (Å²) in [5.41, 5.74) is 1.13. The van der Waals surface area contributed by atoms with E-state index >= 15 is 0 Å². The first kappa shape index (κ1) is 13.0. The number of anilines is 1. The van der Waals surface area contributed by atoms with Crippen molar-refractivity contribution in [1.29, 1.82) is 0 Å². The Bertz CT molecular complexity index is 770. The van der Waals surface area contributed by atoms with Gasteiger partial charge in [-0.05, 0) is 36.4 Å². The number of fused-ring (bicyclic) bond motifs is 1. The highest BCUT2D eigenvalue weighted by atomic mass is 19.1. The highest BCUT2D eigenvalue weighted by molar-refractivity contribution is 5.91. The van der Waals surface area contributed by atoms with Crippen molar-refractivity contribution in [2.75, 3.05) is 11.9 Å². The third-order valence-corrected chi connectivity index (χ3v) is 2.74. The van der Waals surface area contributed by atoms with E-state index in [2.05, 4.69) is 15.5 Å². The van der Waals surface area contributed by atoms with Crippen LogP contribution in [0, 0.1) is 5.82 Å². The Hall–Kier alpha value is -2.96. The Labute approximate surface area is 119 Å². The Balaban J connectivity index is 1.62. The molecule has 0 atom stereocenters. The van der Waals surface area contributed by atoms with E-state index in [1.54, 1.807) is 16.7 Å². The molecule has 1 amide bonds. The van der Waals surface area contributed by atoms with Crippen molar-refractivity contribution in [2.24, 2.45) is 0 Å². The molecule has 0 bridgehead atoms. The van der Waals surface area contributed by atoms with Crippen LogP contribution >= 0.6 is 0 Å². The second-order valence-corrected chi connectivity index (χ2v) is 4.26. The van der Waals surface area contributed by atoms with Gasteiger partial charge in [0.05, 0.1) is 0 Å². The summed E-state index contributed by atoms with van der Waals surface area (Å²) < 4.78 is 19.7. The van der Waals surface area contributed by atoms with E-state index < -0.39 is 0 Å². The number of nitrogens with one attached hydrogen (secondary N) is 1. The standard InChI is InChI=1S/C14H11FN4O2/c15-10-4-6-11(7-5-10)16-13(20)9-21-14-18-17-12-3-1-2-8-19(12)14/h1-8H,9H2,(H,16,20). The largest absolute Gasteiger partial charge is 0.453 e. The topological polar surface area (TPSA) is 68.5 Å². The quantitative estimate of drug-likeness (QED) is 0.795. The Morgan fingerprint density at radius 1 is 1.19 bits per heavy atom. The van der Waals surface area contributed by atoms with Crippen LogP contribution in [0.5, 0.6) is 6.01 Å². The predicted octanol–water partition coefficient (Wildman–Crippen LogP) is 1.89. The number of rotatable bonds is 4. The maximum atomic E-state index is 12.8. The van der Waals surface area contributed by atoms with Gasteiger partial charge in [-0.3, -0.25) is 9.20 Å². The fourth-order valence-corrected chi connectivity index (χ4v) is 1.78. The van der Waals surface area contributed by atoms with E-state index in [0.717, 1.165) is 0 Å². The van der Waals surface area contributed by atoms with Gasteiger partial charge in [-0.25, -0.2) is 4.39 Å². The Morgan fingerprint density at radius 3 is 2.81 bits per heavy atom. The summed E-state index contributed by atoms with van der Waals surface area (Å²) in [6.07, 6.45) is 1.74. The van der Waals surface area contributed by atoms with Gasteiger partial charge in [-0.1, -0.05) is 11.2 Å². The number of hydrogen-bond donors (Lipinski definition) is 1. The third kappa shape index (κ3) is 2.97. The molecule has 3 aromatic rings. The van der Waals surface area contributed by atoms with Crippen LogP contribution in [0.3, 0.4) is 0 Å². The van der Waals surface area contributed by atoms with Gasteiger partial charge in [-0.15, -0.1) is 5.10 Å². The molecule has 3 rings (SSSR count). The molecule has 0 aliphatic heterocycles. The number of ether oxygens (including phenoxy) is 1. The summed E-state index contributed by atoms with van der Waals surface area (Å²) in [5, 5.41) is 10.3. The molecule has 6 nitrogen and oxygen atoms in total. The minimum Gasteiger partial charge on any atom is -0.453 e. The summed E-state index contributed by atoms with van der Waals surface area (Å²) in [5.74, 6) is -0.728. The van der Waals surface area contributed by atoms with Crippen molar-refractivity contribution in [2.45, 2.75) is 0 Å². The summed E-state index contributed by atoms with van der Waals surface area (Å²) in [4.78, 5) is 11.7. The highest BCUT2D eigenvalue weighted by Crippen LogP contribution is 2.11. The molecule has 0 aliphatic carbocycles. The Kier molecular flexibility index (Phi) is 3.46. The van der Waals surface area contributed by atoms with Crippen molar-refractivity contribution in [3.63, 3.8) is 0 Å². The zero-order valence-corrected chi connectivity index (χ0v) is 10.9. The average Bonchev–Trinajstić information content (AvgIpc) is 2.91. The summed E-state index contributed by atoms with van der Waals surface area (Å²) >= 11 is 0. The molecule has 1 N–H and O–H groups in total. The molecule has 1 aromatic carbocycles. The number of benzene rings is 1. The molecule has 21 heavy (non-hydrogen) atoms. The van der Waals surface area contributed by atoms with Gasteiger partial charge in [0.25, 0.3) is 5.91 Å². The number of aromatic nitrogens is 3. The lowest BCUT2D eigenvalue weighted by Gasteiger charge is -2.06. The number of hydrogen-bond acceptors (Lipinski definition) is 4. The van der Waals surface area contributed by atoms with Crippen LogP contribution in [0.25, 0.3) is 5.65 Å². The average molecular weight is 286 g/mol. The fraction of sp³-hybridized carbons (Fsp3) is 0.0714. The van der Waals surface area contributed by atoms with Crippen LogP contribution in [-0.4, -0.2) is 27.1 Å². The van der Waals surface area contributed by atoms with Crippen LogP contribution in [0.1, 0.15) is 0 Å². The Morgan fingerprint density at radius 2 is 2.00 bits per heavy atom. The smallest absolute Gasteiger partial charge is 0.322 e. The van der Waals surface area contributed by atoms with E-state index in [1.165, 1.54) is 24.3 Å². The number of nitrogens with zero attached hydrogens (tertiary/aromatic N) is 3. The minimum atomic E-state index is -0.366. The molecule has 106 valence electrons. The van der Waals surface area contributed by atoms with Crippen LogP contribution in [0.15, 0.2) is 48.7 Å². The number of halogens is 1. The SMILES string of the molecule is O=C(COc1nnc2ccccn12)Nc1ccc(F)cc1. The molecule has 2 heterocycles. The minimum absolute atomic E-state index is 0.215. The van der Waals surface area contributed by atoms with Gasteiger partial charge >= 0.3 is 6.01 Å². The maximum absolute atomic E-state index is 12.8. The number of carbonyl (C=O) groups excluding carboxylic acids is 1. The molecule has 0 radical (unpaired) electrons. The molecular weight excluding hydrogens is 275 g/mol. The van der Waals surface area contributed by atoms with E-state index in [9.17, 15) is 9.18 Å². The number of carbonyl (C=O) groups is 1. The van der Waals surface area contributed by atoms with Crippen LogP contribution in [0.4, 0.5) is 10.1 Å². The second-order valence-electron chi connectivity index (χ2n) is 4.26. The van der Waals surface area contributed by atoms with Gasteiger partial charge in [0.2, 0.25) is 0 Å². The maximum Gasteiger partial charge on any atom is 0.322 e. The molecular formula is C14H11FN4O2. The lowest BCUT2D eigenvalue weighted by Crippen LogP contribution is -2.20. The van der Waals surface area contributed by atoms with Gasteiger partial charge in [-0.2, -0.15) is 0 Å². The van der Waals surface area contributed by atoms with Crippen LogP contribution in [-0.2, 0) is 4.79 Å². The zero-order valence-electron chi connectivity index (χ0n) is 10.9. The summed E-state index contributed by atoms with van der Waals surface area (Å²) in [6.45, 7) is -0.215. The van der Waals surface area contributed by atoms with Crippen molar-refractivity contribution in [3.05, 3.63) is 54.5 Å². The highest BCUT2D eigenvalue weighted by Gasteiger charge is 2.09. The van der Waals surface area contributed by atoms with Crippen LogP contribution in [0.2, 0.25) is 0 Å². The first-order chi connectivity index (χ1) is 10.2. The lowest BCUT2D eigenvalue weighted by atomic mass is 10.3. The van der Waals surface area contributed by atoms with Crippen molar-refractivity contribution in [1.82, 2.24) is 14.6 Å². The van der Waals surface area contributed by atoms with E-state index in [4.69, 9.17) is 4.74 Å². The number of pyridine rings is 1. The first-order valence-corrected chi connectivity index (χ1v) is 6.20. The molecule has 0 spiro atoms. The molecule has 0 unspecified atom stereocenters. The van der Waals surface area contributed by atoms with E-state index in [-0.39, 0.29) is 24.3 Å². The van der Waals surface area contributed by atoms with Gasteiger partial charge in [0.1, 0.15) is 5.82 Å². The van der Waals surface area contributed by atoms with Crippen LogP contribution < -0.4 is 10.1 Å². The van der Waals surface area contributed by atoms with Gasteiger partial charge in [0.15, 0.2) is 12.3 Å². The predicted molar refractivity (Wildman–Crippen MR) is 73.5 cm³/mol. The first-order valence-electron chi connectivity index (χ1n) is 6.20. The normalized spacial score (nSPS) is 10.5. The molecule has 0 saturated carbocycles. The molecule has 2 aromatic heterocycles. The molecule has 7 heteroatoms. The lowest BCUT2D eigenvalue weighted by molar-refractivity contribution is -0.118. The van der Waals surface area contributed by atoms with Crippen molar-refractivity contribution >= 4 is 17.2 Å². The third-order valence-electron chi connectivity index (χ3n) is 2.74. The second kappa shape index (κ2) is 5.58. The summed E-state index contributed by atoms with van der Waals surface area (Å²) in [6, 6.07) is 11.1. The summed E-state index contributed by atoms with van der Waals surface area (Å²) in [7, 11) is 0. The van der Waals surface area contributed by atoms with Gasteiger partial charge < -0.3 is 10.1 Å². The van der Waals surface area contributed by atoms with E-state index in [0.29, 0.717) is 11.3 Å². The van der Waals surface area contributed by atoms with E-state index in [1.807, 2.05) is 12.1 Å². The fourth-order valence-electron chi connectivity index (χ4n) is 1.78. The molecule has 0 aliphatic rings. The number of amides is 1. The van der Waals surface area contributed by atoms with Gasteiger partial charge in [0, 0.05) is 11.9 Å². The molecule has 0 fully saturated rings. The van der Waals surface area contributed by atoms with Crippen molar-refractivity contribution < 1.29 is 13.9 Å². The zero-order chi connectivity index (χ0) is 14.7.